The number of hydrogen-bond acceptors (Lipinski definition) is 3. The zero-order chi connectivity index (χ0) is 15.2. The van der Waals surface area contributed by atoms with Crippen LogP contribution in [0.3, 0.4) is 0 Å². The highest BCUT2D eigenvalue weighted by Gasteiger charge is 2.24. The van der Waals surface area contributed by atoms with Gasteiger partial charge >= 0.3 is 0 Å². The van der Waals surface area contributed by atoms with Crippen LogP contribution in [0.25, 0.3) is 0 Å². The summed E-state index contributed by atoms with van der Waals surface area (Å²) >= 11 is 0. The number of hydrogen-bond donors (Lipinski definition) is 1. The van der Waals surface area contributed by atoms with E-state index in [1.165, 1.54) is 62.7 Å². The molecule has 1 saturated heterocycles. The third-order valence-corrected chi connectivity index (χ3v) is 5.49. The normalized spacial score (nSPS) is 27.0. The van der Waals surface area contributed by atoms with E-state index >= 15 is 0 Å². The molecular formula is C19H30N2O. The van der Waals surface area contributed by atoms with Crippen molar-refractivity contribution < 1.29 is 4.74 Å². The number of aryl methyl sites for hydroxylation is 1. The molecule has 2 fully saturated rings. The first-order valence-corrected chi connectivity index (χ1v) is 9.05. The summed E-state index contributed by atoms with van der Waals surface area (Å²) in [6, 6.07) is 4.94. The largest absolute Gasteiger partial charge is 0.381 e. The van der Waals surface area contributed by atoms with E-state index in [-0.39, 0.29) is 0 Å². The monoisotopic (exact) mass is 302 g/mol. The van der Waals surface area contributed by atoms with Crippen LogP contribution in [0, 0.1) is 12.8 Å². The van der Waals surface area contributed by atoms with Crippen molar-refractivity contribution in [1.82, 2.24) is 10.3 Å². The molecule has 0 spiro atoms. The van der Waals surface area contributed by atoms with E-state index in [0.29, 0.717) is 12.0 Å². The van der Waals surface area contributed by atoms with E-state index in [4.69, 9.17) is 4.74 Å². The van der Waals surface area contributed by atoms with Gasteiger partial charge in [0, 0.05) is 37.1 Å². The highest BCUT2D eigenvalue weighted by Crippen LogP contribution is 2.37. The number of ether oxygens (including phenoxy) is 1. The fourth-order valence-electron chi connectivity index (χ4n) is 4.04. The Kier molecular flexibility index (Phi) is 5.85. The third kappa shape index (κ3) is 4.30. The van der Waals surface area contributed by atoms with E-state index in [1.807, 2.05) is 12.3 Å². The van der Waals surface area contributed by atoms with Gasteiger partial charge in [0.25, 0.3) is 0 Å². The van der Waals surface area contributed by atoms with E-state index in [1.54, 1.807) is 0 Å². The Bertz CT molecular complexity index is 449. The van der Waals surface area contributed by atoms with Crippen LogP contribution in [0.2, 0.25) is 0 Å². The van der Waals surface area contributed by atoms with E-state index < -0.39 is 0 Å². The predicted molar refractivity (Wildman–Crippen MR) is 90.1 cm³/mol. The third-order valence-electron chi connectivity index (χ3n) is 5.49. The first kappa shape index (κ1) is 15.9. The van der Waals surface area contributed by atoms with Crippen LogP contribution < -0.4 is 5.32 Å². The van der Waals surface area contributed by atoms with Crippen LogP contribution in [-0.4, -0.2) is 30.8 Å². The second kappa shape index (κ2) is 8.07. The van der Waals surface area contributed by atoms with Crippen LogP contribution in [0.5, 0.6) is 0 Å². The Morgan fingerprint density at radius 2 is 1.91 bits per heavy atom. The van der Waals surface area contributed by atoms with E-state index in [0.717, 1.165) is 19.1 Å². The Balaban J connectivity index is 1.37. The summed E-state index contributed by atoms with van der Waals surface area (Å²) in [7, 11) is 0. The Morgan fingerprint density at radius 1 is 1.14 bits per heavy atom. The number of aromatic nitrogens is 1. The average Bonchev–Trinajstić information content (AvgIpc) is 2.57. The van der Waals surface area contributed by atoms with Crippen molar-refractivity contribution in [2.24, 2.45) is 5.92 Å². The maximum atomic E-state index is 5.41. The molecule has 2 heterocycles. The molecule has 0 radical (unpaired) electrons. The second-order valence-corrected chi connectivity index (χ2v) is 7.05. The Morgan fingerprint density at radius 3 is 2.64 bits per heavy atom. The molecule has 1 aliphatic carbocycles. The molecule has 0 aromatic carbocycles. The lowest BCUT2D eigenvalue weighted by Crippen LogP contribution is -2.36. The number of nitrogens with zero attached hydrogens (tertiary/aromatic N) is 1. The molecule has 2 aliphatic rings. The van der Waals surface area contributed by atoms with Crippen LogP contribution in [0.1, 0.15) is 62.1 Å². The lowest BCUT2D eigenvalue weighted by atomic mass is 9.78. The molecule has 3 heteroatoms. The summed E-state index contributed by atoms with van der Waals surface area (Å²) in [5.41, 5.74) is 2.72. The summed E-state index contributed by atoms with van der Waals surface area (Å²) in [5.74, 6) is 1.61. The van der Waals surface area contributed by atoms with Crippen molar-refractivity contribution in [2.45, 2.75) is 63.8 Å². The summed E-state index contributed by atoms with van der Waals surface area (Å²) < 4.78 is 5.41. The number of rotatable bonds is 5. The molecule has 3 nitrogen and oxygen atoms in total. The second-order valence-electron chi connectivity index (χ2n) is 7.05. The fraction of sp³-hybridized carbons (Fsp3) is 0.737. The van der Waals surface area contributed by atoms with Gasteiger partial charge in [-0.05, 0) is 76.0 Å². The van der Waals surface area contributed by atoms with Gasteiger partial charge in [0.05, 0.1) is 0 Å². The molecule has 1 aromatic heterocycles. The fourth-order valence-corrected chi connectivity index (χ4v) is 4.04. The zero-order valence-corrected chi connectivity index (χ0v) is 13.9. The van der Waals surface area contributed by atoms with Crippen LogP contribution in [0.4, 0.5) is 0 Å². The number of nitrogens with one attached hydrogen (secondary N) is 1. The molecule has 3 rings (SSSR count). The Hall–Kier alpha value is -0.930. The van der Waals surface area contributed by atoms with Crippen molar-refractivity contribution >= 4 is 0 Å². The van der Waals surface area contributed by atoms with Crippen molar-refractivity contribution in [1.29, 1.82) is 0 Å². The van der Waals surface area contributed by atoms with Gasteiger partial charge in [-0.1, -0.05) is 6.07 Å². The maximum absolute atomic E-state index is 5.41. The van der Waals surface area contributed by atoms with Gasteiger partial charge in [-0.15, -0.1) is 0 Å². The molecule has 1 N–H and O–H groups in total. The van der Waals surface area contributed by atoms with Gasteiger partial charge in [-0.25, -0.2) is 0 Å². The lowest BCUT2D eigenvalue weighted by molar-refractivity contribution is 0.0775. The first-order valence-electron chi connectivity index (χ1n) is 9.05. The molecule has 0 atom stereocenters. The van der Waals surface area contributed by atoms with Crippen molar-refractivity contribution in [3.63, 3.8) is 0 Å². The van der Waals surface area contributed by atoms with Gasteiger partial charge in [0.1, 0.15) is 0 Å². The summed E-state index contributed by atoms with van der Waals surface area (Å²) in [6.45, 7) is 5.26. The average molecular weight is 302 g/mol. The van der Waals surface area contributed by atoms with E-state index in [9.17, 15) is 0 Å². The zero-order valence-electron chi connectivity index (χ0n) is 13.9. The van der Waals surface area contributed by atoms with Gasteiger partial charge in [-0.2, -0.15) is 0 Å². The molecule has 1 saturated carbocycles. The first-order chi connectivity index (χ1) is 10.8. The van der Waals surface area contributed by atoms with Crippen molar-refractivity contribution in [2.75, 3.05) is 19.8 Å². The van der Waals surface area contributed by atoms with Crippen molar-refractivity contribution in [3.05, 3.63) is 29.6 Å². The summed E-state index contributed by atoms with van der Waals surface area (Å²) in [6.07, 6.45) is 11.0. The minimum Gasteiger partial charge on any atom is -0.381 e. The quantitative estimate of drug-likeness (QED) is 0.898. The summed E-state index contributed by atoms with van der Waals surface area (Å²) in [5, 5.41) is 3.73. The SMILES string of the molecule is Cc1cccnc1C1CCC(CCNC2CCOCC2)CC1. The molecule has 122 valence electrons. The minimum absolute atomic E-state index is 0.695. The van der Waals surface area contributed by atoms with Gasteiger partial charge in [-0.3, -0.25) is 4.98 Å². The molecule has 1 aliphatic heterocycles. The standard InChI is InChI=1S/C19H30N2O/c1-15-3-2-11-21-19(15)17-6-4-16(5-7-17)8-12-20-18-9-13-22-14-10-18/h2-3,11,16-18,20H,4-10,12-14H2,1H3. The highest BCUT2D eigenvalue weighted by atomic mass is 16.5. The van der Waals surface area contributed by atoms with Gasteiger partial charge in [0.15, 0.2) is 0 Å². The predicted octanol–water partition coefficient (Wildman–Crippen LogP) is 3.82. The van der Waals surface area contributed by atoms with Gasteiger partial charge < -0.3 is 10.1 Å². The number of pyridine rings is 1. The highest BCUT2D eigenvalue weighted by molar-refractivity contribution is 5.21. The van der Waals surface area contributed by atoms with Crippen LogP contribution in [-0.2, 0) is 4.74 Å². The van der Waals surface area contributed by atoms with Gasteiger partial charge in [0.2, 0.25) is 0 Å². The molecular weight excluding hydrogens is 272 g/mol. The topological polar surface area (TPSA) is 34.2 Å². The van der Waals surface area contributed by atoms with Crippen molar-refractivity contribution in [3.8, 4) is 0 Å². The molecule has 0 unspecified atom stereocenters. The molecule has 22 heavy (non-hydrogen) atoms. The Labute approximate surface area is 134 Å². The van der Waals surface area contributed by atoms with Crippen LogP contribution >= 0.6 is 0 Å². The maximum Gasteiger partial charge on any atom is 0.0480 e. The summed E-state index contributed by atoms with van der Waals surface area (Å²) in [4.78, 5) is 4.63. The smallest absolute Gasteiger partial charge is 0.0480 e. The lowest BCUT2D eigenvalue weighted by Gasteiger charge is -2.30. The van der Waals surface area contributed by atoms with E-state index in [2.05, 4.69) is 23.3 Å². The molecule has 0 amide bonds. The molecule has 0 bridgehead atoms. The van der Waals surface area contributed by atoms with Crippen LogP contribution in [0.15, 0.2) is 18.3 Å². The molecule has 1 aromatic rings. The minimum atomic E-state index is 0.695.